The van der Waals surface area contributed by atoms with Gasteiger partial charge in [-0.3, -0.25) is 0 Å². The first-order chi connectivity index (χ1) is 10.2. The Morgan fingerprint density at radius 3 is 2.55 bits per heavy atom. The van der Waals surface area contributed by atoms with E-state index in [1.165, 1.54) is 4.88 Å². The highest BCUT2D eigenvalue weighted by molar-refractivity contribution is 9.10. The van der Waals surface area contributed by atoms with Crippen LogP contribution in [0, 0.1) is 0 Å². The van der Waals surface area contributed by atoms with Crippen molar-refractivity contribution in [3.05, 3.63) is 20.8 Å². The summed E-state index contributed by atoms with van der Waals surface area (Å²) in [4.78, 5) is 15.1. The molecule has 0 aliphatic carbocycles. The van der Waals surface area contributed by atoms with E-state index in [1.54, 1.807) is 16.2 Å². The summed E-state index contributed by atoms with van der Waals surface area (Å²) in [5.41, 5.74) is -0.623. The Hall–Kier alpha value is -0.590. The molecule has 2 rings (SSSR count). The third-order valence-electron chi connectivity index (χ3n) is 3.72. The lowest BCUT2D eigenvalue weighted by Crippen LogP contribution is -2.47. The predicted octanol–water partition coefficient (Wildman–Crippen LogP) is 4.82. The average molecular weight is 390 g/mol. The summed E-state index contributed by atoms with van der Waals surface area (Å²) in [6.07, 6.45) is 1.43. The van der Waals surface area contributed by atoms with E-state index in [-0.39, 0.29) is 11.7 Å². The first-order valence-corrected chi connectivity index (χ1v) is 9.20. The zero-order valence-corrected chi connectivity index (χ0v) is 16.1. The van der Waals surface area contributed by atoms with E-state index in [0.717, 1.165) is 17.3 Å². The fraction of sp³-hybridized carbons (Fsp3) is 0.688. The minimum Gasteiger partial charge on any atom is -0.444 e. The molecule has 0 saturated carbocycles. The number of nitrogens with zero attached hydrogens (tertiary/aromatic N) is 1. The van der Waals surface area contributed by atoms with Gasteiger partial charge in [-0.2, -0.15) is 0 Å². The van der Waals surface area contributed by atoms with E-state index in [2.05, 4.69) is 28.2 Å². The van der Waals surface area contributed by atoms with Gasteiger partial charge in [0.25, 0.3) is 0 Å². The van der Waals surface area contributed by atoms with Gasteiger partial charge < -0.3 is 14.4 Å². The largest absolute Gasteiger partial charge is 0.444 e. The third-order valence-corrected chi connectivity index (χ3v) is 5.62. The van der Waals surface area contributed by atoms with Crippen molar-refractivity contribution in [3.63, 3.8) is 0 Å². The van der Waals surface area contributed by atoms with Crippen molar-refractivity contribution in [1.82, 2.24) is 4.90 Å². The lowest BCUT2D eigenvalue weighted by molar-refractivity contribution is -0.0805. The van der Waals surface area contributed by atoms with Crippen LogP contribution in [0.15, 0.2) is 15.9 Å². The van der Waals surface area contributed by atoms with Gasteiger partial charge in [-0.05, 0) is 67.9 Å². The summed E-state index contributed by atoms with van der Waals surface area (Å²) in [7, 11) is 0. The van der Waals surface area contributed by atoms with Crippen LogP contribution in [-0.2, 0) is 16.1 Å². The number of hydrogen-bond donors (Lipinski definition) is 0. The molecule has 1 saturated heterocycles. The molecule has 22 heavy (non-hydrogen) atoms. The van der Waals surface area contributed by atoms with Crippen LogP contribution in [0.25, 0.3) is 0 Å². The number of carbonyl (C=O) groups excluding carboxylic acids is 1. The normalized spacial score (nSPS) is 18.3. The second kappa shape index (κ2) is 6.89. The second-order valence-corrected chi connectivity index (χ2v) is 8.75. The zero-order valence-electron chi connectivity index (χ0n) is 13.6. The number of likely N-dealkylation sites (tertiary alicyclic amines) is 1. The molecule has 1 aliphatic rings. The van der Waals surface area contributed by atoms with Crippen LogP contribution < -0.4 is 0 Å². The van der Waals surface area contributed by atoms with Gasteiger partial charge in [-0.25, -0.2) is 4.79 Å². The highest BCUT2D eigenvalue weighted by Crippen LogP contribution is 2.30. The van der Waals surface area contributed by atoms with Gasteiger partial charge >= 0.3 is 6.09 Å². The molecule has 4 nitrogen and oxygen atoms in total. The van der Waals surface area contributed by atoms with Gasteiger partial charge in [-0.15, -0.1) is 11.3 Å². The van der Waals surface area contributed by atoms with Crippen molar-refractivity contribution in [1.29, 1.82) is 0 Å². The molecule has 0 bridgehead atoms. The Balaban J connectivity index is 1.83. The molecule has 0 aromatic carbocycles. The number of halogens is 1. The topological polar surface area (TPSA) is 38.8 Å². The van der Waals surface area contributed by atoms with Crippen LogP contribution in [0.1, 0.15) is 45.4 Å². The highest BCUT2D eigenvalue weighted by atomic mass is 79.9. The summed E-state index contributed by atoms with van der Waals surface area (Å²) in [5.74, 6) is 0. The fourth-order valence-electron chi connectivity index (χ4n) is 2.30. The molecule has 0 radical (unpaired) electrons. The second-order valence-electron chi connectivity index (χ2n) is 6.90. The number of hydrogen-bond acceptors (Lipinski definition) is 4. The third kappa shape index (κ3) is 4.96. The van der Waals surface area contributed by atoms with Crippen molar-refractivity contribution in [2.45, 2.75) is 58.3 Å². The van der Waals surface area contributed by atoms with Gasteiger partial charge in [0.1, 0.15) is 5.60 Å². The van der Waals surface area contributed by atoms with Crippen molar-refractivity contribution < 1.29 is 14.3 Å². The number of ether oxygens (including phenoxy) is 2. The summed E-state index contributed by atoms with van der Waals surface area (Å²) in [5, 5.41) is 2.05. The van der Waals surface area contributed by atoms with Gasteiger partial charge in [0.15, 0.2) is 0 Å². The Morgan fingerprint density at radius 2 is 2.05 bits per heavy atom. The number of thiophene rings is 1. The van der Waals surface area contributed by atoms with Crippen LogP contribution >= 0.6 is 27.3 Å². The monoisotopic (exact) mass is 389 g/mol. The molecular weight excluding hydrogens is 366 g/mol. The number of amides is 1. The Bertz CT molecular complexity index is 516. The van der Waals surface area contributed by atoms with Crippen LogP contribution in [-0.4, -0.2) is 35.3 Å². The maximum Gasteiger partial charge on any atom is 0.410 e. The predicted molar refractivity (Wildman–Crippen MR) is 92.3 cm³/mol. The molecule has 2 heterocycles. The molecule has 1 aromatic heterocycles. The fourth-order valence-corrected chi connectivity index (χ4v) is 3.68. The molecule has 0 atom stereocenters. The lowest BCUT2D eigenvalue weighted by Gasteiger charge is -2.39. The van der Waals surface area contributed by atoms with Crippen molar-refractivity contribution >= 4 is 33.4 Å². The van der Waals surface area contributed by atoms with Crippen molar-refractivity contribution in [2.75, 3.05) is 13.1 Å². The smallest absolute Gasteiger partial charge is 0.410 e. The first kappa shape index (κ1) is 17.8. The van der Waals surface area contributed by atoms with Gasteiger partial charge in [0.05, 0.1) is 12.2 Å². The molecule has 6 heteroatoms. The highest BCUT2D eigenvalue weighted by Gasteiger charge is 2.34. The van der Waals surface area contributed by atoms with Crippen LogP contribution in [0.4, 0.5) is 4.79 Å². The Labute approximate surface area is 144 Å². The minimum absolute atomic E-state index is 0.179. The number of piperidine rings is 1. The molecule has 0 N–H and O–H groups in total. The summed E-state index contributed by atoms with van der Waals surface area (Å²) < 4.78 is 12.7. The van der Waals surface area contributed by atoms with Crippen LogP contribution in [0.5, 0.6) is 0 Å². The summed E-state index contributed by atoms with van der Waals surface area (Å²) in [6.45, 7) is 9.76. The summed E-state index contributed by atoms with van der Waals surface area (Å²) in [6, 6.07) is 2.04. The maximum absolute atomic E-state index is 12.1. The average Bonchev–Trinajstić information content (AvgIpc) is 2.81. The van der Waals surface area contributed by atoms with E-state index in [0.29, 0.717) is 19.7 Å². The van der Waals surface area contributed by atoms with Gasteiger partial charge in [0, 0.05) is 22.4 Å². The summed E-state index contributed by atoms with van der Waals surface area (Å²) >= 11 is 5.22. The SMILES string of the molecule is CC(C)(C)OC(=O)N1CCC(C)(OCc2sccc2Br)CC1. The zero-order chi connectivity index (χ0) is 16.4. The standard InChI is InChI=1S/C16H24BrNO3S/c1-15(2,3)21-14(19)18-8-6-16(4,7-9-18)20-11-13-12(17)5-10-22-13/h5,10H,6-9,11H2,1-4H3. The van der Waals surface area contributed by atoms with E-state index < -0.39 is 5.60 Å². The minimum atomic E-state index is -0.445. The lowest BCUT2D eigenvalue weighted by atomic mass is 9.93. The van der Waals surface area contributed by atoms with Gasteiger partial charge in [0.2, 0.25) is 0 Å². The van der Waals surface area contributed by atoms with Crippen molar-refractivity contribution in [3.8, 4) is 0 Å². The Kier molecular flexibility index (Phi) is 5.56. The van der Waals surface area contributed by atoms with E-state index in [4.69, 9.17) is 9.47 Å². The molecule has 0 spiro atoms. The first-order valence-electron chi connectivity index (χ1n) is 7.52. The van der Waals surface area contributed by atoms with Crippen LogP contribution in [0.3, 0.4) is 0 Å². The number of carbonyl (C=O) groups is 1. The van der Waals surface area contributed by atoms with E-state index in [1.807, 2.05) is 26.8 Å². The van der Waals surface area contributed by atoms with Crippen molar-refractivity contribution in [2.24, 2.45) is 0 Å². The van der Waals surface area contributed by atoms with Gasteiger partial charge in [-0.1, -0.05) is 0 Å². The molecule has 1 amide bonds. The molecule has 0 unspecified atom stereocenters. The molecular formula is C16H24BrNO3S. The maximum atomic E-state index is 12.1. The van der Waals surface area contributed by atoms with E-state index >= 15 is 0 Å². The molecule has 1 aliphatic heterocycles. The quantitative estimate of drug-likeness (QED) is 0.743. The number of rotatable bonds is 3. The van der Waals surface area contributed by atoms with E-state index in [9.17, 15) is 4.79 Å². The molecule has 124 valence electrons. The van der Waals surface area contributed by atoms with Crippen LogP contribution in [0.2, 0.25) is 0 Å². The molecule has 1 fully saturated rings. The Morgan fingerprint density at radius 1 is 1.41 bits per heavy atom. The molecule has 1 aromatic rings.